The molecule has 4 nitrogen and oxygen atoms in total. The SMILES string of the molecule is O=c1c(Cl)c(Cl)cnn1CC1Cc2cc(F)ccc2O1. The third kappa shape index (κ3) is 2.39. The minimum atomic E-state index is -0.468. The fourth-order valence-corrected chi connectivity index (χ4v) is 2.43. The summed E-state index contributed by atoms with van der Waals surface area (Å²) < 4.78 is 20.0. The Bertz CT molecular complexity index is 733. The Balaban J connectivity index is 1.82. The highest BCUT2D eigenvalue weighted by atomic mass is 35.5. The number of benzene rings is 1. The van der Waals surface area contributed by atoms with Gasteiger partial charge in [-0.15, -0.1) is 0 Å². The van der Waals surface area contributed by atoms with E-state index in [2.05, 4.69) is 5.10 Å². The lowest BCUT2D eigenvalue weighted by molar-refractivity contribution is 0.200. The number of aromatic nitrogens is 2. The smallest absolute Gasteiger partial charge is 0.287 e. The van der Waals surface area contributed by atoms with E-state index in [9.17, 15) is 9.18 Å². The molecule has 2 aromatic rings. The minimum absolute atomic E-state index is 0.0665. The van der Waals surface area contributed by atoms with Crippen LogP contribution in [0.4, 0.5) is 4.39 Å². The van der Waals surface area contributed by atoms with E-state index in [1.165, 1.54) is 23.0 Å². The lowest BCUT2D eigenvalue weighted by Crippen LogP contribution is -2.31. The number of hydrogen-bond acceptors (Lipinski definition) is 3. The molecule has 3 rings (SSSR count). The molecule has 0 aliphatic carbocycles. The molecule has 0 radical (unpaired) electrons. The lowest BCUT2D eigenvalue weighted by Gasteiger charge is -2.12. The van der Waals surface area contributed by atoms with E-state index in [4.69, 9.17) is 27.9 Å². The Morgan fingerprint density at radius 2 is 2.25 bits per heavy atom. The van der Waals surface area contributed by atoms with Crippen LogP contribution in [-0.2, 0) is 13.0 Å². The van der Waals surface area contributed by atoms with Crippen LogP contribution < -0.4 is 10.3 Å². The number of nitrogens with zero attached hydrogens (tertiary/aromatic N) is 2. The maximum atomic E-state index is 13.1. The zero-order valence-electron chi connectivity index (χ0n) is 10.1. The zero-order valence-corrected chi connectivity index (χ0v) is 11.7. The number of ether oxygens (including phenoxy) is 1. The molecule has 1 unspecified atom stereocenters. The Hall–Kier alpha value is -1.59. The van der Waals surface area contributed by atoms with Crippen LogP contribution in [0, 0.1) is 5.82 Å². The molecule has 2 heterocycles. The van der Waals surface area contributed by atoms with Gasteiger partial charge in [-0.05, 0) is 18.2 Å². The quantitative estimate of drug-likeness (QED) is 0.856. The van der Waals surface area contributed by atoms with Crippen LogP contribution in [-0.4, -0.2) is 15.9 Å². The van der Waals surface area contributed by atoms with Crippen LogP contribution in [0.15, 0.2) is 29.2 Å². The van der Waals surface area contributed by atoms with Crippen LogP contribution in [0.5, 0.6) is 5.75 Å². The molecule has 1 aliphatic rings. The fraction of sp³-hybridized carbons (Fsp3) is 0.231. The zero-order chi connectivity index (χ0) is 14.3. The van der Waals surface area contributed by atoms with Crippen molar-refractivity contribution < 1.29 is 9.13 Å². The first kappa shape index (κ1) is 13.4. The van der Waals surface area contributed by atoms with E-state index >= 15 is 0 Å². The van der Waals surface area contributed by atoms with Gasteiger partial charge in [0.25, 0.3) is 5.56 Å². The summed E-state index contributed by atoms with van der Waals surface area (Å²) in [5.41, 5.74) is 0.313. The molecular formula is C13H9Cl2FN2O2. The highest BCUT2D eigenvalue weighted by Crippen LogP contribution is 2.29. The van der Waals surface area contributed by atoms with Gasteiger partial charge >= 0.3 is 0 Å². The van der Waals surface area contributed by atoms with E-state index in [0.29, 0.717) is 12.2 Å². The van der Waals surface area contributed by atoms with Crippen molar-refractivity contribution in [3.8, 4) is 5.75 Å². The summed E-state index contributed by atoms with van der Waals surface area (Å²) in [5.74, 6) is 0.322. The highest BCUT2D eigenvalue weighted by Gasteiger charge is 2.24. The molecule has 1 atom stereocenters. The van der Waals surface area contributed by atoms with E-state index in [1.54, 1.807) is 6.07 Å². The molecule has 0 spiro atoms. The van der Waals surface area contributed by atoms with Crippen molar-refractivity contribution >= 4 is 23.2 Å². The van der Waals surface area contributed by atoms with Crippen LogP contribution in [0.2, 0.25) is 10.0 Å². The molecule has 20 heavy (non-hydrogen) atoms. The molecule has 0 bridgehead atoms. The summed E-state index contributed by atoms with van der Waals surface area (Å²) in [6.45, 7) is 0.228. The van der Waals surface area contributed by atoms with Crippen LogP contribution in [0.3, 0.4) is 0 Å². The molecule has 1 aromatic heterocycles. The Morgan fingerprint density at radius 3 is 3.05 bits per heavy atom. The molecule has 1 aromatic carbocycles. The monoisotopic (exact) mass is 314 g/mol. The van der Waals surface area contributed by atoms with Crippen molar-refractivity contribution in [3.63, 3.8) is 0 Å². The molecule has 0 N–H and O–H groups in total. The van der Waals surface area contributed by atoms with Gasteiger partial charge in [-0.25, -0.2) is 9.07 Å². The average molecular weight is 315 g/mol. The Labute approximate surface area is 123 Å². The normalized spacial score (nSPS) is 16.9. The third-order valence-corrected chi connectivity index (χ3v) is 3.83. The van der Waals surface area contributed by atoms with Gasteiger partial charge in [-0.2, -0.15) is 5.10 Å². The first-order valence-corrected chi connectivity index (χ1v) is 6.66. The van der Waals surface area contributed by atoms with Crippen LogP contribution >= 0.6 is 23.2 Å². The van der Waals surface area contributed by atoms with Gasteiger partial charge in [0.1, 0.15) is 22.7 Å². The summed E-state index contributed by atoms with van der Waals surface area (Å²) in [6.07, 6.45) is 1.54. The molecular weight excluding hydrogens is 306 g/mol. The summed E-state index contributed by atoms with van der Waals surface area (Å²) in [7, 11) is 0. The topological polar surface area (TPSA) is 44.1 Å². The number of rotatable bonds is 2. The van der Waals surface area contributed by atoms with Gasteiger partial charge in [-0.1, -0.05) is 23.2 Å². The summed E-state index contributed by atoms with van der Waals surface area (Å²) >= 11 is 11.5. The van der Waals surface area contributed by atoms with Gasteiger partial charge in [-0.3, -0.25) is 4.79 Å². The first-order valence-electron chi connectivity index (χ1n) is 5.91. The summed E-state index contributed by atoms with van der Waals surface area (Å²) in [4.78, 5) is 11.9. The van der Waals surface area contributed by atoms with E-state index in [1.807, 2.05) is 0 Å². The van der Waals surface area contributed by atoms with Crippen LogP contribution in [0.1, 0.15) is 5.56 Å². The van der Waals surface area contributed by atoms with Crippen molar-refractivity contribution in [2.45, 2.75) is 19.1 Å². The van der Waals surface area contributed by atoms with Gasteiger partial charge in [0.2, 0.25) is 0 Å². The third-order valence-electron chi connectivity index (χ3n) is 3.08. The molecule has 0 amide bonds. The predicted molar refractivity (Wildman–Crippen MR) is 73.0 cm³/mol. The molecule has 104 valence electrons. The van der Waals surface area contributed by atoms with Crippen molar-refractivity contribution in [2.75, 3.05) is 0 Å². The van der Waals surface area contributed by atoms with Gasteiger partial charge < -0.3 is 4.74 Å². The van der Waals surface area contributed by atoms with Gasteiger partial charge in [0.15, 0.2) is 0 Å². The largest absolute Gasteiger partial charge is 0.488 e. The summed E-state index contributed by atoms with van der Waals surface area (Å²) in [6, 6.07) is 4.35. The number of fused-ring (bicyclic) bond motifs is 1. The second-order valence-electron chi connectivity index (χ2n) is 4.49. The Morgan fingerprint density at radius 1 is 1.45 bits per heavy atom. The van der Waals surface area contributed by atoms with Crippen LogP contribution in [0.25, 0.3) is 0 Å². The average Bonchev–Trinajstić information content (AvgIpc) is 2.81. The molecule has 1 aliphatic heterocycles. The fourth-order valence-electron chi connectivity index (χ4n) is 2.16. The predicted octanol–water partition coefficient (Wildman–Crippen LogP) is 2.69. The standard InChI is InChI=1S/C13H9Cl2FN2O2/c14-10-5-17-18(13(19)12(10)15)6-9-4-7-3-8(16)1-2-11(7)20-9/h1-3,5,9H,4,6H2. The van der Waals surface area contributed by atoms with Crippen molar-refractivity contribution in [1.82, 2.24) is 9.78 Å². The second kappa shape index (κ2) is 5.07. The van der Waals surface area contributed by atoms with Crippen molar-refractivity contribution in [1.29, 1.82) is 0 Å². The van der Waals surface area contributed by atoms with E-state index < -0.39 is 5.56 Å². The Kier molecular flexibility index (Phi) is 3.40. The highest BCUT2D eigenvalue weighted by molar-refractivity contribution is 6.41. The van der Waals surface area contributed by atoms with Crippen molar-refractivity contribution in [2.24, 2.45) is 0 Å². The molecule has 0 saturated heterocycles. The van der Waals surface area contributed by atoms with E-state index in [-0.39, 0.29) is 28.5 Å². The van der Waals surface area contributed by atoms with E-state index in [0.717, 1.165) is 5.56 Å². The number of halogens is 3. The second-order valence-corrected chi connectivity index (χ2v) is 5.27. The minimum Gasteiger partial charge on any atom is -0.488 e. The van der Waals surface area contributed by atoms with Gasteiger partial charge in [0, 0.05) is 12.0 Å². The van der Waals surface area contributed by atoms with Gasteiger partial charge in [0.05, 0.1) is 17.8 Å². The maximum absolute atomic E-state index is 13.1. The summed E-state index contributed by atoms with van der Waals surface area (Å²) in [5, 5.41) is 3.97. The molecule has 7 heteroatoms. The number of hydrogen-bond donors (Lipinski definition) is 0. The first-order chi connectivity index (χ1) is 9.54. The molecule has 0 saturated carbocycles. The lowest BCUT2D eigenvalue weighted by atomic mass is 10.1. The molecule has 0 fully saturated rings. The van der Waals surface area contributed by atoms with Crippen molar-refractivity contribution in [3.05, 3.63) is 56.2 Å². The maximum Gasteiger partial charge on any atom is 0.287 e.